The molecule has 0 saturated carbocycles. The third-order valence-corrected chi connectivity index (χ3v) is 5.47. The van der Waals surface area contributed by atoms with Gasteiger partial charge in [0.1, 0.15) is 0 Å². The van der Waals surface area contributed by atoms with Crippen molar-refractivity contribution < 1.29 is 0 Å². The maximum atomic E-state index is 6.47. The second kappa shape index (κ2) is 8.09. The summed E-state index contributed by atoms with van der Waals surface area (Å²) >= 11 is 14.1. The molecule has 4 aromatic rings. The summed E-state index contributed by atoms with van der Waals surface area (Å²) in [6, 6.07) is 19.7. The van der Waals surface area contributed by atoms with E-state index in [-0.39, 0.29) is 0 Å². The molecule has 0 amide bonds. The first-order valence-electron chi connectivity index (χ1n) is 8.33. The molecule has 0 aliphatic carbocycles. The van der Waals surface area contributed by atoms with E-state index in [4.69, 9.17) is 28.2 Å². The molecule has 0 radical (unpaired) electrons. The van der Waals surface area contributed by atoms with Crippen molar-refractivity contribution in [1.82, 2.24) is 9.55 Å². The van der Waals surface area contributed by atoms with Crippen molar-refractivity contribution in [1.29, 1.82) is 0 Å². The lowest BCUT2D eigenvalue weighted by atomic mass is 10.1. The molecular weight excluding hydrogens is 397 g/mol. The number of nitrogens with zero attached hydrogens (tertiary/aromatic N) is 3. The van der Waals surface area contributed by atoms with E-state index in [1.54, 1.807) is 29.8 Å². The average molecular weight is 412 g/mol. The Hall–Kier alpha value is -2.40. The molecule has 2 heterocycles. The highest BCUT2D eigenvalue weighted by atomic mass is 35.5. The molecule has 3 nitrogen and oxygen atoms in total. The van der Waals surface area contributed by atoms with E-state index in [2.05, 4.69) is 27.1 Å². The molecular formula is C21H15Cl2N3S. The lowest BCUT2D eigenvalue weighted by molar-refractivity contribution is 0.778. The number of thiazole rings is 1. The summed E-state index contributed by atoms with van der Waals surface area (Å²) in [5, 5.41) is 3.32. The van der Waals surface area contributed by atoms with Crippen molar-refractivity contribution in [3.05, 3.63) is 98.8 Å². The Labute approximate surface area is 171 Å². The second-order valence-electron chi connectivity index (χ2n) is 5.92. The predicted molar refractivity (Wildman–Crippen MR) is 113 cm³/mol. The predicted octanol–water partition coefficient (Wildman–Crippen LogP) is 6.20. The molecule has 6 heteroatoms. The van der Waals surface area contributed by atoms with Gasteiger partial charge < -0.3 is 4.57 Å². The van der Waals surface area contributed by atoms with E-state index >= 15 is 0 Å². The number of aromatic nitrogens is 2. The molecule has 0 fully saturated rings. The van der Waals surface area contributed by atoms with Gasteiger partial charge in [0.05, 0.1) is 29.1 Å². The second-order valence-corrected chi connectivity index (χ2v) is 7.60. The molecule has 2 aromatic carbocycles. The van der Waals surface area contributed by atoms with Gasteiger partial charge in [-0.2, -0.15) is 0 Å². The normalized spacial score (nSPS) is 11.7. The molecule has 0 aliphatic heterocycles. The molecule has 0 aliphatic rings. The van der Waals surface area contributed by atoms with Crippen LogP contribution in [0, 0.1) is 0 Å². The first-order chi connectivity index (χ1) is 13.2. The van der Waals surface area contributed by atoms with E-state index in [0.717, 1.165) is 21.7 Å². The van der Waals surface area contributed by atoms with Crippen LogP contribution in [0.25, 0.3) is 11.3 Å². The lowest BCUT2D eigenvalue weighted by Gasteiger charge is -2.11. The van der Waals surface area contributed by atoms with Crippen LogP contribution in [0.5, 0.6) is 0 Å². The summed E-state index contributed by atoms with van der Waals surface area (Å²) < 4.78 is 2.17. The minimum Gasteiger partial charge on any atom is -0.312 e. The number of benzene rings is 2. The van der Waals surface area contributed by atoms with Gasteiger partial charge in [-0.1, -0.05) is 53.5 Å². The third-order valence-electron chi connectivity index (χ3n) is 4.06. The fourth-order valence-electron chi connectivity index (χ4n) is 2.78. The number of rotatable bonds is 4. The highest BCUT2D eigenvalue weighted by molar-refractivity contribution is 7.07. The summed E-state index contributed by atoms with van der Waals surface area (Å²) in [5.41, 5.74) is 3.94. The van der Waals surface area contributed by atoms with Crippen molar-refractivity contribution in [2.24, 2.45) is 4.99 Å². The highest BCUT2D eigenvalue weighted by Gasteiger charge is 2.12. The Morgan fingerprint density at radius 3 is 2.59 bits per heavy atom. The standard InChI is InChI=1S/C21H15Cl2N3S/c22-16-8-9-18(19(23)11-16)20-14-27-21(25-17-7-4-10-24-12-17)26(20)13-15-5-2-1-3-6-15/h1-12,14H,13H2. The van der Waals surface area contributed by atoms with Crippen molar-refractivity contribution in [2.75, 3.05) is 0 Å². The largest absolute Gasteiger partial charge is 0.312 e. The van der Waals surface area contributed by atoms with Crippen molar-refractivity contribution in [2.45, 2.75) is 6.54 Å². The van der Waals surface area contributed by atoms with Crippen LogP contribution >= 0.6 is 34.5 Å². The molecule has 0 saturated heterocycles. The van der Waals surface area contributed by atoms with E-state index in [1.165, 1.54) is 5.56 Å². The van der Waals surface area contributed by atoms with Crippen LogP contribution in [0.3, 0.4) is 0 Å². The molecule has 27 heavy (non-hydrogen) atoms. The average Bonchev–Trinajstić information content (AvgIpc) is 3.05. The van der Waals surface area contributed by atoms with Gasteiger partial charge in [0.15, 0.2) is 4.80 Å². The van der Waals surface area contributed by atoms with Gasteiger partial charge in [-0.3, -0.25) is 4.98 Å². The van der Waals surface area contributed by atoms with Gasteiger partial charge in [-0.05, 0) is 35.9 Å². The smallest absolute Gasteiger partial charge is 0.190 e. The highest BCUT2D eigenvalue weighted by Crippen LogP contribution is 2.31. The number of pyridine rings is 1. The van der Waals surface area contributed by atoms with E-state index < -0.39 is 0 Å². The minimum absolute atomic E-state index is 0.619. The van der Waals surface area contributed by atoms with Gasteiger partial charge >= 0.3 is 0 Å². The molecule has 134 valence electrons. The quantitative estimate of drug-likeness (QED) is 0.393. The lowest BCUT2D eigenvalue weighted by Crippen LogP contribution is -2.16. The Kier molecular flexibility index (Phi) is 5.39. The van der Waals surface area contributed by atoms with Crippen LogP contribution in [-0.2, 0) is 6.54 Å². The fourth-order valence-corrected chi connectivity index (χ4v) is 4.21. The van der Waals surface area contributed by atoms with Gasteiger partial charge in [-0.25, -0.2) is 4.99 Å². The van der Waals surface area contributed by atoms with Crippen LogP contribution in [0.15, 0.2) is 83.4 Å². The fraction of sp³-hybridized carbons (Fsp3) is 0.0476. The molecule has 0 N–H and O–H groups in total. The molecule has 0 unspecified atom stereocenters. The van der Waals surface area contributed by atoms with Crippen LogP contribution < -0.4 is 4.80 Å². The maximum absolute atomic E-state index is 6.47. The summed E-state index contributed by atoms with van der Waals surface area (Å²) in [6.45, 7) is 0.692. The number of hydrogen-bond donors (Lipinski definition) is 0. The van der Waals surface area contributed by atoms with Crippen molar-refractivity contribution >= 4 is 40.2 Å². The van der Waals surface area contributed by atoms with E-state index in [1.807, 2.05) is 42.5 Å². The van der Waals surface area contributed by atoms with E-state index in [9.17, 15) is 0 Å². The first-order valence-corrected chi connectivity index (χ1v) is 9.97. The third kappa shape index (κ3) is 4.14. The van der Waals surface area contributed by atoms with Gasteiger partial charge in [-0.15, -0.1) is 11.3 Å². The van der Waals surface area contributed by atoms with E-state index in [0.29, 0.717) is 16.6 Å². The molecule has 4 rings (SSSR count). The Bertz CT molecular complexity index is 1120. The zero-order valence-corrected chi connectivity index (χ0v) is 16.5. The zero-order chi connectivity index (χ0) is 18.6. The van der Waals surface area contributed by atoms with Crippen LogP contribution in [0.1, 0.15) is 5.56 Å². The first kappa shape index (κ1) is 18.0. The summed E-state index contributed by atoms with van der Waals surface area (Å²) in [6.07, 6.45) is 3.49. The van der Waals surface area contributed by atoms with Crippen molar-refractivity contribution in [3.8, 4) is 11.3 Å². The Morgan fingerprint density at radius 1 is 1.00 bits per heavy atom. The minimum atomic E-state index is 0.619. The molecule has 2 aromatic heterocycles. The molecule has 0 atom stereocenters. The van der Waals surface area contributed by atoms with Gasteiger partial charge in [0.25, 0.3) is 0 Å². The van der Waals surface area contributed by atoms with Gasteiger partial charge in [0.2, 0.25) is 0 Å². The van der Waals surface area contributed by atoms with Crippen molar-refractivity contribution in [3.63, 3.8) is 0 Å². The maximum Gasteiger partial charge on any atom is 0.190 e. The molecule has 0 bridgehead atoms. The summed E-state index contributed by atoms with van der Waals surface area (Å²) in [4.78, 5) is 9.81. The van der Waals surface area contributed by atoms with Crippen LogP contribution in [0.2, 0.25) is 10.0 Å². The summed E-state index contributed by atoms with van der Waals surface area (Å²) in [5.74, 6) is 0. The zero-order valence-electron chi connectivity index (χ0n) is 14.2. The topological polar surface area (TPSA) is 30.2 Å². The SMILES string of the molecule is Clc1ccc(-c2csc(=Nc3cccnc3)n2Cc2ccccc2)c(Cl)c1. The van der Waals surface area contributed by atoms with Crippen LogP contribution in [0.4, 0.5) is 5.69 Å². The molecule has 0 spiro atoms. The number of hydrogen-bond acceptors (Lipinski definition) is 3. The number of halogens is 2. The monoisotopic (exact) mass is 411 g/mol. The van der Waals surface area contributed by atoms with Gasteiger partial charge in [0, 0.05) is 22.2 Å². The Morgan fingerprint density at radius 2 is 1.85 bits per heavy atom. The Balaban J connectivity index is 1.88. The van der Waals surface area contributed by atoms with Crippen LogP contribution in [-0.4, -0.2) is 9.55 Å². The summed E-state index contributed by atoms with van der Waals surface area (Å²) in [7, 11) is 0.